The molecule has 0 spiro atoms. The zero-order valence-corrected chi connectivity index (χ0v) is 8.84. The van der Waals surface area contributed by atoms with Gasteiger partial charge in [-0.3, -0.25) is 4.79 Å². The molecule has 1 rings (SSSR count). The maximum Gasteiger partial charge on any atom is 0.220 e. The van der Waals surface area contributed by atoms with Crippen molar-refractivity contribution < 1.29 is 4.79 Å². The average molecular weight is 191 g/mol. The van der Waals surface area contributed by atoms with Gasteiger partial charge in [-0.25, -0.2) is 0 Å². The Bertz CT molecular complexity index is 307. The average Bonchev–Trinajstić information content (AvgIpc) is 2.17. The predicted octanol–water partition coefficient (Wildman–Crippen LogP) is 2.06. The molecule has 2 heteroatoms. The lowest BCUT2D eigenvalue weighted by atomic mass is 10.0. The van der Waals surface area contributed by atoms with Crippen LogP contribution in [-0.4, -0.2) is 12.5 Å². The predicted molar refractivity (Wildman–Crippen MR) is 58.2 cm³/mol. The van der Waals surface area contributed by atoms with Crippen molar-refractivity contribution >= 4 is 5.91 Å². The number of hydrogen-bond donors (Lipinski definition) is 1. The van der Waals surface area contributed by atoms with Gasteiger partial charge in [-0.2, -0.15) is 0 Å². The number of rotatable bonds is 4. The molecule has 76 valence electrons. The van der Waals surface area contributed by atoms with E-state index in [1.807, 2.05) is 19.1 Å². The summed E-state index contributed by atoms with van der Waals surface area (Å²) >= 11 is 0. The topological polar surface area (TPSA) is 29.1 Å². The fourth-order valence-electron chi connectivity index (χ4n) is 1.42. The lowest BCUT2D eigenvalue weighted by molar-refractivity contribution is -0.120. The van der Waals surface area contributed by atoms with Gasteiger partial charge in [0.05, 0.1) is 0 Å². The third-order valence-corrected chi connectivity index (χ3v) is 2.26. The second-order valence-corrected chi connectivity index (χ2v) is 3.38. The molecule has 1 aromatic rings. The molecule has 14 heavy (non-hydrogen) atoms. The molecule has 1 amide bonds. The first-order valence-electron chi connectivity index (χ1n) is 5.05. The molecule has 2 nitrogen and oxygen atoms in total. The molecule has 0 radical (unpaired) electrons. The van der Waals surface area contributed by atoms with Gasteiger partial charge >= 0.3 is 0 Å². The van der Waals surface area contributed by atoms with Crippen LogP contribution in [0.4, 0.5) is 0 Å². The maximum absolute atomic E-state index is 11.2. The first kappa shape index (κ1) is 10.8. The minimum absolute atomic E-state index is 0.135. The highest BCUT2D eigenvalue weighted by atomic mass is 16.1. The van der Waals surface area contributed by atoms with Crippen molar-refractivity contribution in [2.75, 3.05) is 6.54 Å². The van der Waals surface area contributed by atoms with Crippen LogP contribution in [0.5, 0.6) is 0 Å². The van der Waals surface area contributed by atoms with Crippen molar-refractivity contribution in [2.24, 2.45) is 0 Å². The summed E-state index contributed by atoms with van der Waals surface area (Å²) in [4.78, 5) is 11.2. The molecule has 0 aliphatic heterocycles. The number of carbonyl (C=O) groups is 1. The van der Waals surface area contributed by atoms with Crippen LogP contribution in [0.3, 0.4) is 0 Å². The van der Waals surface area contributed by atoms with Gasteiger partial charge in [-0.15, -0.1) is 0 Å². The molecule has 0 bridgehead atoms. The van der Waals surface area contributed by atoms with Crippen LogP contribution in [0.1, 0.15) is 24.5 Å². The summed E-state index contributed by atoms with van der Waals surface area (Å²) in [5.74, 6) is 0.135. The lowest BCUT2D eigenvalue weighted by Crippen LogP contribution is -2.22. The molecule has 0 heterocycles. The van der Waals surface area contributed by atoms with Gasteiger partial charge in [0.1, 0.15) is 0 Å². The molecule has 0 atom stereocenters. The Balaban J connectivity index is 2.46. The highest BCUT2D eigenvalue weighted by Crippen LogP contribution is 2.09. The minimum atomic E-state index is 0.135. The Hall–Kier alpha value is -1.31. The standard InChI is InChI=1S/C12H17NO/c1-3-13-12(14)9-8-11-7-5-4-6-10(11)2/h4-7H,3,8-9H2,1-2H3,(H,13,14). The van der Waals surface area contributed by atoms with Crippen LogP contribution in [0.2, 0.25) is 0 Å². The Morgan fingerprint density at radius 1 is 1.36 bits per heavy atom. The Morgan fingerprint density at radius 3 is 2.71 bits per heavy atom. The first-order chi connectivity index (χ1) is 6.74. The van der Waals surface area contributed by atoms with Gasteiger partial charge in [-0.05, 0) is 31.4 Å². The van der Waals surface area contributed by atoms with Crippen molar-refractivity contribution in [1.29, 1.82) is 0 Å². The van der Waals surface area contributed by atoms with Gasteiger partial charge in [0, 0.05) is 13.0 Å². The molecule has 1 aromatic carbocycles. The highest BCUT2D eigenvalue weighted by molar-refractivity contribution is 5.76. The van der Waals surface area contributed by atoms with Crippen molar-refractivity contribution in [3.63, 3.8) is 0 Å². The van der Waals surface area contributed by atoms with Crippen LogP contribution in [-0.2, 0) is 11.2 Å². The van der Waals surface area contributed by atoms with Crippen LogP contribution >= 0.6 is 0 Å². The molecule has 0 unspecified atom stereocenters. The number of nitrogens with one attached hydrogen (secondary N) is 1. The molecule has 1 N–H and O–H groups in total. The van der Waals surface area contributed by atoms with Crippen LogP contribution in [0.25, 0.3) is 0 Å². The van der Waals surface area contributed by atoms with Gasteiger partial charge in [0.2, 0.25) is 5.91 Å². The van der Waals surface area contributed by atoms with E-state index in [4.69, 9.17) is 0 Å². The van der Waals surface area contributed by atoms with E-state index >= 15 is 0 Å². The molecule has 0 aliphatic carbocycles. The Labute approximate surface area is 85.3 Å². The van der Waals surface area contributed by atoms with E-state index in [1.54, 1.807) is 0 Å². The molecular formula is C12H17NO. The normalized spacial score (nSPS) is 9.86. The van der Waals surface area contributed by atoms with E-state index in [0.29, 0.717) is 13.0 Å². The summed E-state index contributed by atoms with van der Waals surface area (Å²) in [5, 5.41) is 2.80. The van der Waals surface area contributed by atoms with Gasteiger partial charge in [-0.1, -0.05) is 24.3 Å². The van der Waals surface area contributed by atoms with Crippen molar-refractivity contribution in [1.82, 2.24) is 5.32 Å². The smallest absolute Gasteiger partial charge is 0.220 e. The largest absolute Gasteiger partial charge is 0.356 e. The number of amides is 1. The van der Waals surface area contributed by atoms with Crippen LogP contribution in [0, 0.1) is 6.92 Å². The molecule has 0 saturated carbocycles. The molecule has 0 saturated heterocycles. The second kappa shape index (κ2) is 5.43. The molecule has 0 aliphatic rings. The van der Waals surface area contributed by atoms with Gasteiger partial charge in [0.15, 0.2) is 0 Å². The molecule has 0 fully saturated rings. The van der Waals surface area contributed by atoms with E-state index in [1.165, 1.54) is 11.1 Å². The van der Waals surface area contributed by atoms with Crippen LogP contribution in [0.15, 0.2) is 24.3 Å². The third kappa shape index (κ3) is 3.21. The fraction of sp³-hybridized carbons (Fsp3) is 0.417. The molecular weight excluding hydrogens is 174 g/mol. The van der Waals surface area contributed by atoms with E-state index < -0.39 is 0 Å². The quantitative estimate of drug-likeness (QED) is 0.775. The summed E-state index contributed by atoms with van der Waals surface area (Å²) in [6, 6.07) is 8.19. The fourth-order valence-corrected chi connectivity index (χ4v) is 1.42. The number of carbonyl (C=O) groups excluding carboxylic acids is 1. The summed E-state index contributed by atoms with van der Waals surface area (Å²) in [7, 11) is 0. The SMILES string of the molecule is CCNC(=O)CCc1ccccc1C. The van der Waals surface area contributed by atoms with Crippen molar-refractivity contribution in [3.05, 3.63) is 35.4 Å². The van der Waals surface area contributed by atoms with Gasteiger partial charge < -0.3 is 5.32 Å². The van der Waals surface area contributed by atoms with E-state index in [-0.39, 0.29) is 5.91 Å². The summed E-state index contributed by atoms with van der Waals surface area (Å²) in [5.41, 5.74) is 2.52. The zero-order chi connectivity index (χ0) is 10.4. The van der Waals surface area contributed by atoms with E-state index in [2.05, 4.69) is 24.4 Å². The summed E-state index contributed by atoms with van der Waals surface area (Å²) < 4.78 is 0. The van der Waals surface area contributed by atoms with Crippen molar-refractivity contribution in [3.8, 4) is 0 Å². The molecule has 0 aromatic heterocycles. The zero-order valence-electron chi connectivity index (χ0n) is 8.84. The minimum Gasteiger partial charge on any atom is -0.356 e. The second-order valence-electron chi connectivity index (χ2n) is 3.38. The van der Waals surface area contributed by atoms with E-state index in [9.17, 15) is 4.79 Å². The Morgan fingerprint density at radius 2 is 2.07 bits per heavy atom. The van der Waals surface area contributed by atoms with E-state index in [0.717, 1.165) is 6.42 Å². The third-order valence-electron chi connectivity index (χ3n) is 2.26. The number of benzene rings is 1. The first-order valence-corrected chi connectivity index (χ1v) is 5.05. The van der Waals surface area contributed by atoms with Crippen LogP contribution < -0.4 is 5.32 Å². The number of hydrogen-bond acceptors (Lipinski definition) is 1. The lowest BCUT2D eigenvalue weighted by Gasteiger charge is -2.05. The maximum atomic E-state index is 11.2. The Kier molecular flexibility index (Phi) is 4.17. The summed E-state index contributed by atoms with van der Waals surface area (Å²) in [6.07, 6.45) is 1.41. The summed E-state index contributed by atoms with van der Waals surface area (Å²) in [6.45, 7) is 4.73. The van der Waals surface area contributed by atoms with Gasteiger partial charge in [0.25, 0.3) is 0 Å². The van der Waals surface area contributed by atoms with Crippen molar-refractivity contribution in [2.45, 2.75) is 26.7 Å². The monoisotopic (exact) mass is 191 g/mol. The highest BCUT2D eigenvalue weighted by Gasteiger charge is 2.01. The number of aryl methyl sites for hydroxylation is 2.